The van der Waals surface area contributed by atoms with Crippen LogP contribution in [0, 0.1) is 16.2 Å². The highest BCUT2D eigenvalue weighted by atomic mass is 16.5. The van der Waals surface area contributed by atoms with Gasteiger partial charge in [0.1, 0.15) is 0 Å². The van der Waals surface area contributed by atoms with Gasteiger partial charge in [-0.2, -0.15) is 0 Å². The molecule has 7 heterocycles. The van der Waals surface area contributed by atoms with Gasteiger partial charge in [0.15, 0.2) is 0 Å². The number of likely N-dealkylation sites (N-methyl/N-ethyl adjacent to an activating group) is 2. The van der Waals surface area contributed by atoms with Gasteiger partial charge in [0.05, 0.1) is 65.1 Å². The molecular weight excluding hydrogens is 708 g/mol. The van der Waals surface area contributed by atoms with Gasteiger partial charge < -0.3 is 75.0 Å². The molecule has 0 aromatic rings. The van der Waals surface area contributed by atoms with Crippen LogP contribution in [0.5, 0.6) is 0 Å². The number of hydrogen-bond donors (Lipinski definition) is 8. The Balaban J connectivity index is 0.000000229. The van der Waals surface area contributed by atoms with Crippen molar-refractivity contribution < 1.29 is 45.6 Å². The van der Waals surface area contributed by atoms with Crippen LogP contribution in [0.15, 0.2) is 0 Å². The molecule has 15 nitrogen and oxygen atoms in total. The highest BCUT2D eigenvalue weighted by Gasteiger charge is 2.47. The zero-order valence-electron chi connectivity index (χ0n) is 35.6. The Bertz CT molecular complexity index is 972. The molecule has 2 atom stereocenters. The molecule has 1 spiro atoms. The number of rotatable bonds is 7. The molecule has 0 bridgehead atoms. The first-order valence-corrected chi connectivity index (χ1v) is 20.8. The van der Waals surface area contributed by atoms with Crippen LogP contribution in [-0.4, -0.2) is 255 Å². The number of ether oxygens (including phenoxy) is 1. The fourth-order valence-electron chi connectivity index (χ4n) is 8.26. The Morgan fingerprint density at radius 2 is 0.891 bits per heavy atom. The third kappa shape index (κ3) is 16.9. The normalized spacial score (nSPS) is 28.7. The van der Waals surface area contributed by atoms with Crippen LogP contribution in [-0.2, 0) is 4.74 Å². The first-order chi connectivity index (χ1) is 26.1. The Morgan fingerprint density at radius 3 is 1.15 bits per heavy atom. The van der Waals surface area contributed by atoms with Gasteiger partial charge >= 0.3 is 0 Å². The molecule has 15 heteroatoms. The Kier molecular flexibility index (Phi) is 23.1. The maximum absolute atomic E-state index is 9.52. The number of nitrogens with zero attached hydrogens (tertiary/aromatic N) is 6. The molecule has 0 unspecified atom stereocenters. The maximum atomic E-state index is 9.52. The molecule has 7 fully saturated rings. The summed E-state index contributed by atoms with van der Waals surface area (Å²) >= 11 is 0. The average Bonchev–Trinajstić information content (AvgIpc) is 3.59. The van der Waals surface area contributed by atoms with Crippen LogP contribution in [0.1, 0.15) is 57.8 Å². The first kappa shape index (κ1) is 50.5. The van der Waals surface area contributed by atoms with E-state index in [-0.39, 0.29) is 43.9 Å². The van der Waals surface area contributed by atoms with Gasteiger partial charge in [-0.3, -0.25) is 0 Å². The molecule has 0 aromatic carbocycles. The lowest BCUT2D eigenvalue weighted by atomic mass is 9.79. The van der Waals surface area contributed by atoms with Crippen molar-refractivity contribution in [3.8, 4) is 0 Å². The van der Waals surface area contributed by atoms with E-state index >= 15 is 0 Å². The van der Waals surface area contributed by atoms with E-state index in [1.54, 1.807) is 0 Å². The molecule has 0 amide bonds. The minimum atomic E-state index is -0.785. The standard InChI is InChI=1S/C8H17NO2.C7H15NO2.C7H15NO.C6H13NO2.C6H11NO.C6H13NO/c1-9-4-2-8(6-10,7-11)3-5-9;1-8-4-2-7(10,6-9)3-5-8;1-8-5-3-2-4-7(8)6-9;1-7-2-6(3-7,4-8)5-9;1-7-2-6(3-7)4-8-5-6;1-7-4-2-3-6(7)5-8/h10-11H,2-7H2,1H3;9-10H,2-6H2,1H3;7,9H,2-6H2,1H3;8-9H,2-5H2,1H3;2-5H2,1H3;6,8H,2-5H2,1H3/t;;7-;;;6-/m..1..1/s1. The Morgan fingerprint density at radius 1 is 0.473 bits per heavy atom. The SMILES string of the molecule is CN1CC(CO)(CO)C1.CN1CC2(COC2)C1.CN1CCC(CO)(CO)CC1.CN1CCC(O)(CO)CC1.CN1CCCC[C@@H]1CO.CN1CCC[C@@H]1CO. The van der Waals surface area contributed by atoms with E-state index < -0.39 is 5.60 Å². The van der Waals surface area contributed by atoms with E-state index in [1.165, 1.54) is 45.2 Å². The van der Waals surface area contributed by atoms with Crippen LogP contribution in [0.25, 0.3) is 0 Å². The number of likely N-dealkylation sites (tertiary alicyclic amines) is 6. The summed E-state index contributed by atoms with van der Waals surface area (Å²) in [6.45, 7) is 13.3. The molecule has 0 aromatic heterocycles. The van der Waals surface area contributed by atoms with Gasteiger partial charge in [-0.05, 0) is 120 Å². The number of aliphatic hydroxyl groups is 8. The third-order valence-electron chi connectivity index (χ3n) is 12.9. The molecule has 0 aliphatic carbocycles. The maximum Gasteiger partial charge on any atom is 0.0901 e. The summed E-state index contributed by atoms with van der Waals surface area (Å²) in [6, 6.07) is 0.897. The molecule has 328 valence electrons. The minimum absolute atomic E-state index is 0.0964. The predicted molar refractivity (Wildman–Crippen MR) is 217 cm³/mol. The lowest BCUT2D eigenvalue weighted by Gasteiger charge is -2.53. The smallest absolute Gasteiger partial charge is 0.0901 e. The second-order valence-corrected chi connectivity index (χ2v) is 18.2. The first-order valence-electron chi connectivity index (χ1n) is 20.8. The van der Waals surface area contributed by atoms with Crippen LogP contribution in [0.3, 0.4) is 0 Å². The largest absolute Gasteiger partial charge is 0.396 e. The predicted octanol–water partition coefficient (Wildman–Crippen LogP) is -1.49. The number of hydrogen-bond acceptors (Lipinski definition) is 15. The highest BCUT2D eigenvalue weighted by molar-refractivity contribution is 4.98. The van der Waals surface area contributed by atoms with E-state index in [0.717, 1.165) is 78.4 Å². The Hall–Kier alpha value is -0.600. The molecule has 7 aliphatic rings. The molecule has 7 saturated heterocycles. The third-order valence-corrected chi connectivity index (χ3v) is 12.9. The second-order valence-electron chi connectivity index (χ2n) is 18.2. The van der Waals surface area contributed by atoms with Crippen LogP contribution in [0.4, 0.5) is 0 Å². The van der Waals surface area contributed by atoms with E-state index in [9.17, 15) is 5.11 Å². The van der Waals surface area contributed by atoms with Gasteiger partial charge in [0.2, 0.25) is 0 Å². The fraction of sp³-hybridized carbons (Fsp3) is 1.00. The second kappa shape index (κ2) is 25.1. The monoisotopic (exact) mass is 793 g/mol. The van der Waals surface area contributed by atoms with Crippen molar-refractivity contribution in [3.05, 3.63) is 0 Å². The van der Waals surface area contributed by atoms with Crippen LogP contribution in [0.2, 0.25) is 0 Å². The molecule has 7 aliphatic heterocycles. The van der Waals surface area contributed by atoms with Crippen molar-refractivity contribution in [2.75, 3.05) is 167 Å². The summed E-state index contributed by atoms with van der Waals surface area (Å²) < 4.78 is 5.10. The zero-order valence-corrected chi connectivity index (χ0v) is 35.6. The fourth-order valence-corrected chi connectivity index (χ4v) is 8.26. The quantitative estimate of drug-likeness (QED) is 0.149. The van der Waals surface area contributed by atoms with Crippen molar-refractivity contribution in [2.24, 2.45) is 16.2 Å². The molecular formula is C40H84N6O9. The van der Waals surface area contributed by atoms with Gasteiger partial charge in [0.25, 0.3) is 0 Å². The molecule has 0 saturated carbocycles. The summed E-state index contributed by atoms with van der Waals surface area (Å²) in [5, 5.41) is 71.4. The van der Waals surface area contributed by atoms with Crippen molar-refractivity contribution in [1.29, 1.82) is 0 Å². The number of aliphatic hydroxyl groups excluding tert-OH is 7. The summed E-state index contributed by atoms with van der Waals surface area (Å²) in [7, 11) is 12.4. The molecule has 0 radical (unpaired) electrons. The lowest BCUT2D eigenvalue weighted by molar-refractivity contribution is -0.182. The van der Waals surface area contributed by atoms with Crippen molar-refractivity contribution in [3.63, 3.8) is 0 Å². The summed E-state index contributed by atoms with van der Waals surface area (Å²) in [5.41, 5.74) is -0.539. The lowest BCUT2D eigenvalue weighted by Crippen LogP contribution is -2.64. The van der Waals surface area contributed by atoms with Gasteiger partial charge in [-0.15, -0.1) is 0 Å². The van der Waals surface area contributed by atoms with E-state index in [4.69, 9.17) is 40.5 Å². The average molecular weight is 793 g/mol. The van der Waals surface area contributed by atoms with Crippen LogP contribution >= 0.6 is 0 Å². The number of piperidine rings is 3. The van der Waals surface area contributed by atoms with Gasteiger partial charge in [0, 0.05) is 67.6 Å². The van der Waals surface area contributed by atoms with E-state index in [1.807, 2.05) is 14.1 Å². The topological polar surface area (TPSA) is 191 Å². The summed E-state index contributed by atoms with van der Waals surface area (Å²) in [4.78, 5) is 13.2. The highest BCUT2D eigenvalue weighted by Crippen LogP contribution is 2.36. The van der Waals surface area contributed by atoms with Gasteiger partial charge in [-0.1, -0.05) is 6.42 Å². The zero-order chi connectivity index (χ0) is 41.1. The molecule has 55 heavy (non-hydrogen) atoms. The summed E-state index contributed by atoms with van der Waals surface area (Å²) in [6.07, 6.45) is 9.40. The molecule has 7 rings (SSSR count). The van der Waals surface area contributed by atoms with Crippen molar-refractivity contribution in [1.82, 2.24) is 29.4 Å². The van der Waals surface area contributed by atoms with Crippen LogP contribution < -0.4 is 0 Å². The van der Waals surface area contributed by atoms with E-state index in [0.29, 0.717) is 43.6 Å². The van der Waals surface area contributed by atoms with Crippen molar-refractivity contribution >= 4 is 0 Å². The van der Waals surface area contributed by atoms with E-state index in [2.05, 4.69) is 57.6 Å². The minimum Gasteiger partial charge on any atom is -0.396 e. The summed E-state index contributed by atoms with van der Waals surface area (Å²) in [5.74, 6) is 0. The molecule has 8 N–H and O–H groups in total. The Labute approximate surface area is 333 Å². The van der Waals surface area contributed by atoms with Gasteiger partial charge in [-0.25, -0.2) is 0 Å². The van der Waals surface area contributed by atoms with Crippen molar-refractivity contribution in [2.45, 2.75) is 75.5 Å².